The molecule has 0 aliphatic rings. The fourth-order valence-electron chi connectivity index (χ4n) is 4.50. The van der Waals surface area contributed by atoms with E-state index in [-0.39, 0.29) is 42.8 Å². The Morgan fingerprint density at radius 1 is 0.951 bits per heavy atom. The summed E-state index contributed by atoms with van der Waals surface area (Å²) in [5, 5.41) is 2.96. The molecule has 3 aromatic carbocycles. The highest BCUT2D eigenvalue weighted by Crippen LogP contribution is 2.30. The van der Waals surface area contributed by atoms with Gasteiger partial charge in [0, 0.05) is 33.0 Å². The van der Waals surface area contributed by atoms with Gasteiger partial charge in [-0.05, 0) is 47.9 Å². The lowest BCUT2D eigenvalue weighted by atomic mass is 10.0. The number of methoxy groups -OCH3 is 2. The molecule has 41 heavy (non-hydrogen) atoms. The molecule has 3 rings (SSSR count). The Morgan fingerprint density at radius 3 is 2.27 bits per heavy atom. The molecule has 0 saturated carbocycles. The summed E-state index contributed by atoms with van der Waals surface area (Å²) in [7, 11) is 0.906. The summed E-state index contributed by atoms with van der Waals surface area (Å²) in [6.45, 7) is 0.217. The van der Waals surface area contributed by atoms with Crippen molar-refractivity contribution in [2.24, 2.45) is 0 Å². The van der Waals surface area contributed by atoms with Crippen LogP contribution in [0.2, 0.25) is 5.02 Å². The van der Waals surface area contributed by atoms with Crippen LogP contribution in [-0.4, -0.2) is 65.2 Å². The molecule has 2 amide bonds. The monoisotopic (exact) mass is 601 g/mol. The van der Waals surface area contributed by atoms with Crippen molar-refractivity contribution in [1.82, 2.24) is 10.2 Å². The first-order valence-corrected chi connectivity index (χ1v) is 15.3. The Hall–Kier alpha value is -3.76. The first-order chi connectivity index (χ1) is 19.6. The minimum Gasteiger partial charge on any atom is -0.497 e. The number of amides is 2. The number of carbonyl (C=O) groups is 2. The SMILES string of the molecule is CNC(=O)[C@@H](Cc1ccccc1)N(Cc1cccc(OC)c1)C(=O)CCCN(c1ccc(OC)c(Cl)c1)S(C)(=O)=O. The Labute approximate surface area is 247 Å². The quantitative estimate of drug-likeness (QED) is 0.296. The molecule has 1 atom stereocenters. The van der Waals surface area contributed by atoms with E-state index in [0.717, 1.165) is 17.4 Å². The fourth-order valence-corrected chi connectivity index (χ4v) is 5.71. The normalized spacial score (nSPS) is 11.8. The van der Waals surface area contributed by atoms with Gasteiger partial charge < -0.3 is 19.7 Å². The third-order valence-electron chi connectivity index (χ3n) is 6.58. The van der Waals surface area contributed by atoms with Gasteiger partial charge in [-0.2, -0.15) is 0 Å². The molecular formula is C30H36ClN3O6S. The predicted octanol–water partition coefficient (Wildman–Crippen LogP) is 4.29. The topological polar surface area (TPSA) is 105 Å². The van der Waals surface area contributed by atoms with Crippen molar-refractivity contribution in [3.05, 3.63) is 88.9 Å². The van der Waals surface area contributed by atoms with Gasteiger partial charge in [0.05, 0.1) is 31.2 Å². The zero-order valence-corrected chi connectivity index (χ0v) is 25.2. The van der Waals surface area contributed by atoms with Crippen molar-refractivity contribution in [2.75, 3.05) is 38.4 Å². The molecule has 0 bridgehead atoms. The summed E-state index contributed by atoms with van der Waals surface area (Å²) < 4.78 is 37.0. The van der Waals surface area contributed by atoms with Gasteiger partial charge in [-0.15, -0.1) is 0 Å². The van der Waals surface area contributed by atoms with E-state index in [1.54, 1.807) is 37.3 Å². The van der Waals surface area contributed by atoms with Crippen molar-refractivity contribution in [3.63, 3.8) is 0 Å². The van der Waals surface area contributed by atoms with E-state index in [1.807, 2.05) is 48.5 Å². The van der Waals surface area contributed by atoms with Crippen LogP contribution in [0.15, 0.2) is 72.8 Å². The average molecular weight is 602 g/mol. The van der Waals surface area contributed by atoms with Crippen LogP contribution in [0.4, 0.5) is 5.69 Å². The van der Waals surface area contributed by atoms with Crippen molar-refractivity contribution >= 4 is 39.1 Å². The van der Waals surface area contributed by atoms with Crippen LogP contribution >= 0.6 is 11.6 Å². The number of benzene rings is 3. The summed E-state index contributed by atoms with van der Waals surface area (Å²) in [4.78, 5) is 28.4. The van der Waals surface area contributed by atoms with Gasteiger partial charge in [-0.3, -0.25) is 13.9 Å². The van der Waals surface area contributed by atoms with Gasteiger partial charge in [0.2, 0.25) is 21.8 Å². The second kappa shape index (κ2) is 14.7. The Morgan fingerprint density at radius 2 is 1.66 bits per heavy atom. The third kappa shape index (κ3) is 8.86. The number of ether oxygens (including phenoxy) is 2. The summed E-state index contributed by atoms with van der Waals surface area (Å²) >= 11 is 6.24. The first-order valence-electron chi connectivity index (χ1n) is 13.1. The lowest BCUT2D eigenvalue weighted by Crippen LogP contribution is -2.49. The van der Waals surface area contributed by atoms with E-state index in [9.17, 15) is 18.0 Å². The fraction of sp³-hybridized carbons (Fsp3) is 0.333. The summed E-state index contributed by atoms with van der Waals surface area (Å²) in [5.41, 5.74) is 2.07. The van der Waals surface area contributed by atoms with Crippen LogP contribution in [0.1, 0.15) is 24.0 Å². The number of likely N-dealkylation sites (N-methyl/N-ethyl adjacent to an activating group) is 1. The number of nitrogens with one attached hydrogen (secondary N) is 1. The number of hydrogen-bond donors (Lipinski definition) is 1. The minimum atomic E-state index is -3.67. The molecule has 0 unspecified atom stereocenters. The zero-order valence-electron chi connectivity index (χ0n) is 23.7. The molecular weight excluding hydrogens is 566 g/mol. The molecule has 0 heterocycles. The molecule has 1 N–H and O–H groups in total. The van der Waals surface area contributed by atoms with Crippen LogP contribution in [0.5, 0.6) is 11.5 Å². The summed E-state index contributed by atoms with van der Waals surface area (Å²) in [5.74, 6) is 0.483. The standard InChI is InChI=1S/C30H36ClN3O6S/c1-32-30(36)27(19-22-10-6-5-7-11-22)33(21-23-12-8-13-25(18-23)39-2)29(35)14-9-17-34(41(4,37)38)24-15-16-28(40-3)26(31)20-24/h5-8,10-13,15-16,18,20,27H,9,14,17,19,21H2,1-4H3,(H,32,36)/t27-/m1/s1. The molecule has 0 aliphatic carbocycles. The smallest absolute Gasteiger partial charge is 0.242 e. The number of nitrogens with zero attached hydrogens (tertiary/aromatic N) is 2. The van der Waals surface area contributed by atoms with E-state index < -0.39 is 16.1 Å². The third-order valence-corrected chi connectivity index (χ3v) is 8.07. The molecule has 0 spiro atoms. The number of anilines is 1. The summed E-state index contributed by atoms with van der Waals surface area (Å²) in [6.07, 6.45) is 1.65. The Balaban J connectivity index is 1.86. The molecule has 0 aliphatic heterocycles. The largest absolute Gasteiger partial charge is 0.497 e. The predicted molar refractivity (Wildman–Crippen MR) is 161 cm³/mol. The van der Waals surface area contributed by atoms with Gasteiger partial charge in [0.1, 0.15) is 17.5 Å². The first kappa shape index (κ1) is 31.8. The maximum atomic E-state index is 13.8. The second-order valence-corrected chi connectivity index (χ2v) is 11.8. The van der Waals surface area contributed by atoms with Crippen molar-refractivity contribution in [2.45, 2.75) is 31.8 Å². The Kier molecular flexibility index (Phi) is 11.4. The van der Waals surface area contributed by atoms with E-state index in [4.69, 9.17) is 21.1 Å². The molecule has 0 fully saturated rings. The van der Waals surface area contributed by atoms with E-state index >= 15 is 0 Å². The van der Waals surface area contributed by atoms with Gasteiger partial charge in [0.25, 0.3) is 0 Å². The number of carbonyl (C=O) groups excluding carboxylic acids is 2. The zero-order chi connectivity index (χ0) is 30.0. The minimum absolute atomic E-state index is 0.0160. The van der Waals surface area contributed by atoms with E-state index in [1.165, 1.54) is 17.5 Å². The molecule has 0 aromatic heterocycles. The molecule has 0 radical (unpaired) electrons. The Bertz CT molecular complexity index is 1440. The number of rotatable bonds is 14. The van der Waals surface area contributed by atoms with Gasteiger partial charge in [-0.1, -0.05) is 54.1 Å². The van der Waals surface area contributed by atoms with E-state index in [0.29, 0.717) is 23.6 Å². The van der Waals surface area contributed by atoms with Crippen LogP contribution in [0.25, 0.3) is 0 Å². The van der Waals surface area contributed by atoms with Gasteiger partial charge in [-0.25, -0.2) is 8.42 Å². The maximum absolute atomic E-state index is 13.8. The number of hydrogen-bond acceptors (Lipinski definition) is 6. The van der Waals surface area contributed by atoms with Crippen LogP contribution < -0.4 is 19.1 Å². The van der Waals surface area contributed by atoms with Crippen molar-refractivity contribution in [1.29, 1.82) is 0 Å². The van der Waals surface area contributed by atoms with Crippen molar-refractivity contribution < 1.29 is 27.5 Å². The van der Waals surface area contributed by atoms with E-state index in [2.05, 4.69) is 5.32 Å². The molecule has 3 aromatic rings. The number of halogens is 1. The highest BCUT2D eigenvalue weighted by Gasteiger charge is 2.30. The molecule has 0 saturated heterocycles. The van der Waals surface area contributed by atoms with Crippen molar-refractivity contribution in [3.8, 4) is 11.5 Å². The number of sulfonamides is 1. The molecule has 9 nitrogen and oxygen atoms in total. The highest BCUT2D eigenvalue weighted by atomic mass is 35.5. The average Bonchev–Trinajstić information content (AvgIpc) is 2.96. The van der Waals surface area contributed by atoms with Gasteiger partial charge >= 0.3 is 0 Å². The second-order valence-electron chi connectivity index (χ2n) is 9.45. The van der Waals surface area contributed by atoms with Crippen LogP contribution in [0.3, 0.4) is 0 Å². The maximum Gasteiger partial charge on any atom is 0.242 e. The molecule has 11 heteroatoms. The van der Waals surface area contributed by atoms with Crippen LogP contribution in [0, 0.1) is 0 Å². The summed E-state index contributed by atoms with van der Waals surface area (Å²) in [6, 6.07) is 20.7. The highest BCUT2D eigenvalue weighted by molar-refractivity contribution is 7.92. The molecule has 220 valence electrons. The lowest BCUT2D eigenvalue weighted by molar-refractivity contribution is -0.141. The lowest BCUT2D eigenvalue weighted by Gasteiger charge is -2.31. The van der Waals surface area contributed by atoms with Gasteiger partial charge in [0.15, 0.2) is 0 Å². The van der Waals surface area contributed by atoms with Crippen LogP contribution in [-0.2, 0) is 32.6 Å².